The van der Waals surface area contributed by atoms with Crippen LogP contribution in [-0.4, -0.2) is 9.55 Å². The molecule has 0 aliphatic carbocycles. The van der Waals surface area contributed by atoms with Gasteiger partial charge in [-0.15, -0.1) is 11.3 Å². The highest BCUT2D eigenvalue weighted by Gasteiger charge is 2.19. The van der Waals surface area contributed by atoms with E-state index < -0.39 is 0 Å². The molecule has 0 aliphatic rings. The maximum Gasteiger partial charge on any atom is 0.111 e. The molecule has 202 valence electrons. The molecule has 0 saturated heterocycles. The molecule has 0 atom stereocenters. The Morgan fingerprint density at radius 3 is 1.81 bits per heavy atom. The van der Waals surface area contributed by atoms with E-state index in [9.17, 15) is 0 Å². The van der Waals surface area contributed by atoms with Crippen molar-refractivity contribution < 1.29 is 0 Å². The average molecular weight is 567 g/mol. The Morgan fingerprint density at radius 2 is 1.09 bits per heavy atom. The summed E-state index contributed by atoms with van der Waals surface area (Å²) in [5.74, 6) is 0.990. The lowest BCUT2D eigenvalue weighted by atomic mass is 9.85. The van der Waals surface area contributed by atoms with Gasteiger partial charge in [0.25, 0.3) is 0 Å². The fourth-order valence-corrected chi connectivity index (χ4v) is 8.09. The zero-order valence-electron chi connectivity index (χ0n) is 23.6. The number of hydrogen-bond acceptors (Lipinski definition) is 2. The number of imidazole rings is 1. The van der Waals surface area contributed by atoms with Crippen LogP contribution < -0.4 is 0 Å². The molecule has 0 unspecified atom stereocenters. The number of nitrogens with zero attached hydrogens (tertiary/aromatic N) is 2. The number of benzene rings is 7. The Kier molecular flexibility index (Phi) is 5.32. The van der Waals surface area contributed by atoms with Gasteiger partial charge in [-0.1, -0.05) is 103 Å². The van der Waals surface area contributed by atoms with Crippen molar-refractivity contribution in [2.45, 2.75) is 6.92 Å². The molecule has 7 aromatic carbocycles. The van der Waals surface area contributed by atoms with Gasteiger partial charge in [-0.2, -0.15) is 0 Å². The van der Waals surface area contributed by atoms with Crippen molar-refractivity contribution in [1.82, 2.24) is 9.55 Å². The van der Waals surface area contributed by atoms with Gasteiger partial charge >= 0.3 is 0 Å². The summed E-state index contributed by atoms with van der Waals surface area (Å²) in [7, 11) is 0. The van der Waals surface area contributed by atoms with Crippen LogP contribution in [0.5, 0.6) is 0 Å². The third-order valence-corrected chi connectivity index (χ3v) is 9.88. The zero-order valence-corrected chi connectivity index (χ0v) is 24.4. The fraction of sp³-hybridized carbons (Fsp3) is 0.0250. The normalized spacial score (nSPS) is 11.8. The van der Waals surface area contributed by atoms with Gasteiger partial charge in [0.15, 0.2) is 0 Å². The summed E-state index contributed by atoms with van der Waals surface area (Å²) >= 11 is 1.88. The smallest absolute Gasteiger partial charge is 0.111 e. The van der Waals surface area contributed by atoms with Crippen molar-refractivity contribution in [3.05, 3.63) is 145 Å². The highest BCUT2D eigenvalue weighted by molar-refractivity contribution is 7.25. The van der Waals surface area contributed by atoms with Crippen molar-refractivity contribution in [3.63, 3.8) is 0 Å². The molecule has 0 N–H and O–H groups in total. The molecule has 0 spiro atoms. The Bertz CT molecular complexity index is 2460. The van der Waals surface area contributed by atoms with Crippen LogP contribution in [0.2, 0.25) is 0 Å². The molecule has 9 aromatic rings. The molecule has 0 aliphatic heterocycles. The molecule has 2 heterocycles. The van der Waals surface area contributed by atoms with Crippen LogP contribution in [0.4, 0.5) is 0 Å². The van der Waals surface area contributed by atoms with E-state index in [4.69, 9.17) is 4.98 Å². The second kappa shape index (κ2) is 9.38. The topological polar surface area (TPSA) is 17.8 Å². The first-order chi connectivity index (χ1) is 21.3. The van der Waals surface area contributed by atoms with E-state index in [2.05, 4.69) is 145 Å². The number of thiophene rings is 1. The maximum absolute atomic E-state index is 4.79. The SMILES string of the molecule is Cc1nc2ccccc2n1-c1ccc(-c2c3ccccc3c(-c3cccc4sc5ccccc5c34)c3ccccc23)cc1. The first-order valence-electron chi connectivity index (χ1n) is 14.7. The maximum atomic E-state index is 4.79. The summed E-state index contributed by atoms with van der Waals surface area (Å²) in [6, 6.07) is 50.7. The van der Waals surface area contributed by atoms with Crippen LogP contribution in [-0.2, 0) is 0 Å². The second-order valence-electron chi connectivity index (χ2n) is 11.1. The van der Waals surface area contributed by atoms with E-state index in [1.165, 1.54) is 64.0 Å². The quantitative estimate of drug-likeness (QED) is 0.195. The molecular weight excluding hydrogens is 541 g/mol. The van der Waals surface area contributed by atoms with Crippen molar-refractivity contribution in [2.75, 3.05) is 0 Å². The molecule has 3 heteroatoms. The van der Waals surface area contributed by atoms with Gasteiger partial charge in [-0.3, -0.25) is 4.57 Å². The highest BCUT2D eigenvalue weighted by atomic mass is 32.1. The highest BCUT2D eigenvalue weighted by Crippen LogP contribution is 2.47. The molecule has 2 aromatic heterocycles. The third-order valence-electron chi connectivity index (χ3n) is 8.75. The molecule has 0 saturated carbocycles. The van der Waals surface area contributed by atoms with E-state index in [1.54, 1.807) is 0 Å². The van der Waals surface area contributed by atoms with Gasteiger partial charge in [0.05, 0.1) is 11.0 Å². The van der Waals surface area contributed by atoms with Crippen molar-refractivity contribution in [2.24, 2.45) is 0 Å². The van der Waals surface area contributed by atoms with Crippen LogP contribution in [0.3, 0.4) is 0 Å². The molecule has 0 radical (unpaired) electrons. The number of rotatable bonds is 3. The lowest BCUT2D eigenvalue weighted by molar-refractivity contribution is 1.00. The minimum atomic E-state index is 0.990. The Labute approximate surface area is 253 Å². The fourth-order valence-electron chi connectivity index (χ4n) is 6.96. The summed E-state index contributed by atoms with van der Waals surface area (Å²) in [5.41, 5.74) is 8.36. The summed E-state index contributed by atoms with van der Waals surface area (Å²) in [5, 5.41) is 7.76. The molecule has 0 fully saturated rings. The number of para-hydroxylation sites is 2. The van der Waals surface area contributed by atoms with Gasteiger partial charge in [0, 0.05) is 25.9 Å². The van der Waals surface area contributed by atoms with Crippen LogP contribution in [0, 0.1) is 6.92 Å². The number of hydrogen-bond donors (Lipinski definition) is 0. The van der Waals surface area contributed by atoms with Crippen LogP contribution in [0.1, 0.15) is 5.82 Å². The van der Waals surface area contributed by atoms with E-state index in [1.807, 2.05) is 17.4 Å². The van der Waals surface area contributed by atoms with E-state index in [0.29, 0.717) is 0 Å². The molecular formula is C40H26N2S. The van der Waals surface area contributed by atoms with Crippen LogP contribution in [0.25, 0.3) is 80.7 Å². The van der Waals surface area contributed by atoms with E-state index in [-0.39, 0.29) is 0 Å². The standard InChI is InChI=1S/C40H26N2S/c1-25-41-34-17-7-8-18-35(34)42(25)27-23-21-26(22-24-27)38-28-11-2-4-13-30(28)39(31-14-5-3-12-29(31)38)33-16-10-20-37-40(33)32-15-6-9-19-36(32)43-37/h2-24H,1H3. The van der Waals surface area contributed by atoms with Crippen LogP contribution in [0.15, 0.2) is 140 Å². The van der Waals surface area contributed by atoms with E-state index >= 15 is 0 Å². The minimum Gasteiger partial charge on any atom is -0.297 e. The van der Waals surface area contributed by atoms with Crippen molar-refractivity contribution >= 4 is 64.1 Å². The third kappa shape index (κ3) is 3.62. The lowest BCUT2D eigenvalue weighted by Crippen LogP contribution is -1.97. The molecule has 43 heavy (non-hydrogen) atoms. The first kappa shape index (κ1) is 24.4. The predicted octanol–water partition coefficient (Wildman–Crippen LogP) is 11.3. The van der Waals surface area contributed by atoms with Gasteiger partial charge in [-0.25, -0.2) is 4.98 Å². The summed E-state index contributed by atoms with van der Waals surface area (Å²) in [4.78, 5) is 4.79. The largest absolute Gasteiger partial charge is 0.297 e. The van der Waals surface area contributed by atoms with Crippen molar-refractivity contribution in [3.8, 4) is 27.9 Å². The number of aromatic nitrogens is 2. The monoisotopic (exact) mass is 566 g/mol. The Morgan fingerprint density at radius 1 is 0.512 bits per heavy atom. The van der Waals surface area contributed by atoms with Crippen molar-refractivity contribution in [1.29, 1.82) is 0 Å². The van der Waals surface area contributed by atoms with Gasteiger partial charge in [0.2, 0.25) is 0 Å². The molecule has 0 amide bonds. The van der Waals surface area contributed by atoms with Gasteiger partial charge in [-0.05, 0) is 87.1 Å². The summed E-state index contributed by atoms with van der Waals surface area (Å²) in [6.45, 7) is 2.07. The first-order valence-corrected chi connectivity index (χ1v) is 15.5. The number of aryl methyl sites for hydroxylation is 1. The second-order valence-corrected chi connectivity index (χ2v) is 12.2. The summed E-state index contributed by atoms with van der Waals surface area (Å²) < 4.78 is 4.90. The van der Waals surface area contributed by atoms with Gasteiger partial charge < -0.3 is 0 Å². The Hall–Kier alpha value is -5.25. The minimum absolute atomic E-state index is 0.990. The average Bonchev–Trinajstić information content (AvgIpc) is 3.61. The lowest BCUT2D eigenvalue weighted by Gasteiger charge is -2.18. The molecule has 2 nitrogen and oxygen atoms in total. The molecule has 0 bridgehead atoms. The van der Waals surface area contributed by atoms with Crippen LogP contribution >= 0.6 is 11.3 Å². The zero-order chi connectivity index (χ0) is 28.5. The summed E-state index contributed by atoms with van der Waals surface area (Å²) in [6.07, 6.45) is 0. The molecule has 9 rings (SSSR count). The van der Waals surface area contributed by atoms with E-state index in [0.717, 1.165) is 22.5 Å². The number of fused-ring (bicyclic) bond motifs is 6. The van der Waals surface area contributed by atoms with Gasteiger partial charge in [0.1, 0.15) is 5.82 Å². The predicted molar refractivity (Wildman–Crippen MR) is 185 cm³/mol. The Balaban J connectivity index is 1.32.